The molecule has 0 saturated carbocycles. The number of aromatic nitrogens is 4. The van der Waals surface area contributed by atoms with Gasteiger partial charge in [0.2, 0.25) is 11.8 Å². The zero-order valence-electron chi connectivity index (χ0n) is 16.4. The molecular weight excluding hydrogens is 431 g/mol. The Morgan fingerprint density at radius 2 is 2.03 bits per heavy atom. The number of rotatable bonds is 7. The standard InChI is InChI=1S/C19H20Cl2N6O3/c1-3-6-26(9-16(28)24-15-7-12(20)4-5-14(15)21)17(29)10-27-11-22-18-13(19(27)30)8-23-25(18)2/h4-5,7-8,11H,3,6,9-10H2,1-2H3,(H,24,28). The average Bonchev–Trinajstić information content (AvgIpc) is 3.08. The van der Waals surface area contributed by atoms with Gasteiger partial charge in [-0.05, 0) is 24.6 Å². The molecule has 3 rings (SSSR count). The van der Waals surface area contributed by atoms with Crippen molar-refractivity contribution < 1.29 is 9.59 Å². The van der Waals surface area contributed by atoms with Crippen molar-refractivity contribution in [1.82, 2.24) is 24.2 Å². The van der Waals surface area contributed by atoms with E-state index in [0.29, 0.717) is 39.7 Å². The fraction of sp³-hybridized carbons (Fsp3) is 0.316. The lowest BCUT2D eigenvalue weighted by atomic mass is 10.3. The number of anilines is 1. The number of halogens is 2. The molecule has 0 radical (unpaired) electrons. The minimum absolute atomic E-state index is 0.188. The minimum atomic E-state index is -0.422. The van der Waals surface area contributed by atoms with Crippen molar-refractivity contribution in [1.29, 1.82) is 0 Å². The first-order chi connectivity index (χ1) is 14.3. The molecule has 0 spiro atoms. The van der Waals surface area contributed by atoms with Crippen LogP contribution in [0.1, 0.15) is 13.3 Å². The van der Waals surface area contributed by atoms with Gasteiger partial charge in [0.05, 0.1) is 23.5 Å². The topological polar surface area (TPSA) is 102 Å². The summed E-state index contributed by atoms with van der Waals surface area (Å²) in [4.78, 5) is 43.4. The van der Waals surface area contributed by atoms with Gasteiger partial charge >= 0.3 is 0 Å². The van der Waals surface area contributed by atoms with Gasteiger partial charge in [-0.25, -0.2) is 4.98 Å². The lowest BCUT2D eigenvalue weighted by molar-refractivity contribution is -0.135. The normalized spacial score (nSPS) is 10.9. The Bertz CT molecular complexity index is 1160. The zero-order valence-corrected chi connectivity index (χ0v) is 17.9. The molecular formula is C19H20Cl2N6O3. The number of hydrogen-bond acceptors (Lipinski definition) is 5. The largest absolute Gasteiger partial charge is 0.332 e. The predicted octanol–water partition coefficient (Wildman–Crippen LogP) is 2.31. The number of amides is 2. The van der Waals surface area contributed by atoms with Crippen LogP contribution in [0, 0.1) is 0 Å². The Hall–Kier alpha value is -2.91. The van der Waals surface area contributed by atoms with E-state index in [-0.39, 0.29) is 24.6 Å². The van der Waals surface area contributed by atoms with E-state index in [9.17, 15) is 14.4 Å². The van der Waals surface area contributed by atoms with Gasteiger partial charge in [-0.2, -0.15) is 5.10 Å². The molecule has 2 aromatic heterocycles. The van der Waals surface area contributed by atoms with Gasteiger partial charge in [0.25, 0.3) is 5.56 Å². The van der Waals surface area contributed by atoms with Gasteiger partial charge < -0.3 is 10.2 Å². The van der Waals surface area contributed by atoms with Crippen LogP contribution < -0.4 is 10.9 Å². The van der Waals surface area contributed by atoms with E-state index in [1.165, 1.54) is 32.7 Å². The van der Waals surface area contributed by atoms with Crippen molar-refractivity contribution in [2.75, 3.05) is 18.4 Å². The summed E-state index contributed by atoms with van der Waals surface area (Å²) in [5, 5.41) is 7.75. The maximum atomic E-state index is 12.8. The number of fused-ring (bicyclic) bond motifs is 1. The third-order valence-electron chi connectivity index (χ3n) is 4.41. The molecule has 30 heavy (non-hydrogen) atoms. The van der Waals surface area contributed by atoms with E-state index >= 15 is 0 Å². The summed E-state index contributed by atoms with van der Waals surface area (Å²) >= 11 is 12.0. The minimum Gasteiger partial charge on any atom is -0.332 e. The van der Waals surface area contributed by atoms with Crippen LogP contribution in [0.15, 0.2) is 35.5 Å². The highest BCUT2D eigenvalue weighted by Crippen LogP contribution is 2.25. The number of benzene rings is 1. The molecule has 1 N–H and O–H groups in total. The fourth-order valence-electron chi connectivity index (χ4n) is 2.94. The van der Waals surface area contributed by atoms with E-state index in [4.69, 9.17) is 23.2 Å². The average molecular weight is 451 g/mol. The Morgan fingerprint density at radius 1 is 1.27 bits per heavy atom. The van der Waals surface area contributed by atoms with Crippen LogP contribution in [0.2, 0.25) is 10.0 Å². The Morgan fingerprint density at radius 3 is 2.77 bits per heavy atom. The first-order valence-corrected chi connectivity index (χ1v) is 9.95. The molecule has 1 aromatic carbocycles. The molecule has 0 fully saturated rings. The summed E-state index contributed by atoms with van der Waals surface area (Å²) in [6, 6.07) is 4.71. The highest BCUT2D eigenvalue weighted by molar-refractivity contribution is 6.35. The van der Waals surface area contributed by atoms with Gasteiger partial charge in [0, 0.05) is 18.6 Å². The van der Waals surface area contributed by atoms with Crippen molar-refractivity contribution in [3.63, 3.8) is 0 Å². The third kappa shape index (κ3) is 4.80. The molecule has 0 unspecified atom stereocenters. The summed E-state index contributed by atoms with van der Waals surface area (Å²) in [7, 11) is 1.68. The highest BCUT2D eigenvalue weighted by atomic mass is 35.5. The maximum Gasteiger partial charge on any atom is 0.264 e. The lowest BCUT2D eigenvalue weighted by Gasteiger charge is -2.22. The van der Waals surface area contributed by atoms with Gasteiger partial charge in [-0.15, -0.1) is 0 Å². The molecule has 0 saturated heterocycles. The van der Waals surface area contributed by atoms with Crippen LogP contribution in [0.4, 0.5) is 5.69 Å². The number of aryl methyl sites for hydroxylation is 1. The predicted molar refractivity (Wildman–Crippen MR) is 115 cm³/mol. The van der Waals surface area contributed by atoms with Crippen LogP contribution in [0.25, 0.3) is 11.0 Å². The van der Waals surface area contributed by atoms with E-state index < -0.39 is 5.91 Å². The summed E-state index contributed by atoms with van der Waals surface area (Å²) in [6.07, 6.45) is 3.36. The molecule has 0 aliphatic rings. The molecule has 0 atom stereocenters. The number of carbonyl (C=O) groups is 2. The Labute approximate surface area is 182 Å². The van der Waals surface area contributed by atoms with Crippen LogP contribution in [0.5, 0.6) is 0 Å². The fourth-order valence-corrected chi connectivity index (χ4v) is 3.28. The molecule has 0 bridgehead atoms. The first-order valence-electron chi connectivity index (χ1n) is 9.20. The van der Waals surface area contributed by atoms with E-state index in [2.05, 4.69) is 15.4 Å². The smallest absolute Gasteiger partial charge is 0.264 e. The number of carbonyl (C=O) groups excluding carboxylic acids is 2. The van der Waals surface area contributed by atoms with Gasteiger partial charge in [-0.3, -0.25) is 23.6 Å². The van der Waals surface area contributed by atoms with Crippen molar-refractivity contribution in [3.05, 3.63) is 51.1 Å². The molecule has 11 heteroatoms. The van der Waals surface area contributed by atoms with Gasteiger partial charge in [0.15, 0.2) is 5.65 Å². The summed E-state index contributed by atoms with van der Waals surface area (Å²) in [6.45, 7) is 1.82. The molecule has 158 valence electrons. The van der Waals surface area contributed by atoms with Gasteiger partial charge in [-0.1, -0.05) is 30.1 Å². The second kappa shape index (κ2) is 9.27. The van der Waals surface area contributed by atoms with Crippen LogP contribution in [-0.2, 0) is 23.2 Å². The number of nitrogens with zero attached hydrogens (tertiary/aromatic N) is 5. The Balaban J connectivity index is 1.73. The molecule has 0 aliphatic carbocycles. The summed E-state index contributed by atoms with van der Waals surface area (Å²) in [5.74, 6) is -0.800. The highest BCUT2D eigenvalue weighted by Gasteiger charge is 2.19. The number of nitrogens with one attached hydrogen (secondary N) is 1. The molecule has 3 aromatic rings. The first kappa shape index (κ1) is 21.8. The van der Waals surface area contributed by atoms with Crippen molar-refractivity contribution in [2.45, 2.75) is 19.9 Å². The summed E-state index contributed by atoms with van der Waals surface area (Å²) in [5.41, 5.74) is 0.431. The van der Waals surface area contributed by atoms with Crippen molar-refractivity contribution >= 4 is 51.7 Å². The van der Waals surface area contributed by atoms with E-state index in [0.717, 1.165) is 0 Å². The SMILES string of the molecule is CCCN(CC(=O)Nc1cc(Cl)ccc1Cl)C(=O)Cn1cnc2c(cnn2C)c1=O. The second-order valence-electron chi connectivity index (χ2n) is 6.67. The lowest BCUT2D eigenvalue weighted by Crippen LogP contribution is -2.41. The Kier molecular flexibility index (Phi) is 6.73. The van der Waals surface area contributed by atoms with Crippen LogP contribution >= 0.6 is 23.2 Å². The molecule has 2 heterocycles. The molecule has 9 nitrogen and oxygen atoms in total. The summed E-state index contributed by atoms with van der Waals surface area (Å²) < 4.78 is 2.69. The van der Waals surface area contributed by atoms with Gasteiger partial charge in [0.1, 0.15) is 18.3 Å². The quantitative estimate of drug-likeness (QED) is 0.594. The van der Waals surface area contributed by atoms with E-state index in [1.807, 2.05) is 6.92 Å². The van der Waals surface area contributed by atoms with Crippen molar-refractivity contribution in [3.8, 4) is 0 Å². The van der Waals surface area contributed by atoms with Crippen LogP contribution in [0.3, 0.4) is 0 Å². The van der Waals surface area contributed by atoms with Crippen LogP contribution in [-0.4, -0.2) is 49.1 Å². The zero-order chi connectivity index (χ0) is 21.8. The third-order valence-corrected chi connectivity index (χ3v) is 4.97. The van der Waals surface area contributed by atoms with Crippen molar-refractivity contribution in [2.24, 2.45) is 7.05 Å². The maximum absolute atomic E-state index is 12.8. The monoisotopic (exact) mass is 450 g/mol. The second-order valence-corrected chi connectivity index (χ2v) is 7.51. The molecule has 0 aliphatic heterocycles. The number of hydrogen-bond donors (Lipinski definition) is 1. The van der Waals surface area contributed by atoms with E-state index in [1.54, 1.807) is 19.2 Å². The molecule has 2 amide bonds.